The van der Waals surface area contributed by atoms with Gasteiger partial charge in [-0.25, -0.2) is 4.98 Å². The number of para-hydroxylation sites is 1. The molecule has 2 saturated carbocycles. The standard InChI is InChI=1S/C29H42N8O/c1-38-25-9-5-2-6-20(25)18-36-16-14-23(15-17-36)32-27-26-28(37(19-31-26)24-7-3-4-8-24)35-29(34-27)33-22-12-10-21(30)11-13-22/h2,5-6,9,19,21-24H,3-4,7-8,10-18,30H2,1H3,(H2,32,33,34,35). The van der Waals surface area contributed by atoms with Crippen molar-refractivity contribution >= 4 is 22.9 Å². The second-order valence-electron chi connectivity index (χ2n) is 11.4. The number of hydrogen-bond acceptors (Lipinski definition) is 8. The maximum atomic E-state index is 6.15. The monoisotopic (exact) mass is 518 g/mol. The third-order valence-corrected chi connectivity index (χ3v) is 8.76. The number of likely N-dealkylation sites (tertiary alicyclic amines) is 1. The SMILES string of the molecule is COc1ccccc1CN1CCC(Nc2nc(NC3CCC(N)CC3)nc3c2ncn3C2CCCC2)CC1. The molecule has 0 radical (unpaired) electrons. The molecule has 0 bridgehead atoms. The van der Waals surface area contributed by atoms with Crippen molar-refractivity contribution in [3.05, 3.63) is 36.2 Å². The molecule has 0 amide bonds. The van der Waals surface area contributed by atoms with Crippen molar-refractivity contribution < 1.29 is 4.74 Å². The number of nitrogens with two attached hydrogens (primary N) is 1. The summed E-state index contributed by atoms with van der Waals surface area (Å²) in [5.74, 6) is 2.55. The number of benzene rings is 1. The van der Waals surface area contributed by atoms with Crippen LogP contribution in [0.4, 0.5) is 11.8 Å². The summed E-state index contributed by atoms with van der Waals surface area (Å²) in [4.78, 5) is 17.3. The molecule has 0 atom stereocenters. The van der Waals surface area contributed by atoms with Gasteiger partial charge in [-0.15, -0.1) is 0 Å². The van der Waals surface area contributed by atoms with Gasteiger partial charge in [-0.05, 0) is 57.4 Å². The molecule has 3 fully saturated rings. The van der Waals surface area contributed by atoms with E-state index in [1.54, 1.807) is 7.11 Å². The molecule has 1 aromatic carbocycles. The number of methoxy groups -OCH3 is 1. The Hall–Kier alpha value is -2.91. The summed E-state index contributed by atoms with van der Waals surface area (Å²) in [5, 5.41) is 7.43. The zero-order valence-corrected chi connectivity index (χ0v) is 22.6. The van der Waals surface area contributed by atoms with E-state index in [0.29, 0.717) is 30.1 Å². The number of rotatable bonds is 8. The lowest BCUT2D eigenvalue weighted by atomic mass is 9.92. The van der Waals surface area contributed by atoms with Crippen molar-refractivity contribution in [2.75, 3.05) is 30.8 Å². The third-order valence-electron chi connectivity index (χ3n) is 8.76. The Labute approximate surface area is 225 Å². The van der Waals surface area contributed by atoms with E-state index in [4.69, 9.17) is 25.4 Å². The van der Waals surface area contributed by atoms with Gasteiger partial charge < -0.3 is 25.7 Å². The third kappa shape index (κ3) is 5.59. The summed E-state index contributed by atoms with van der Waals surface area (Å²) in [7, 11) is 1.75. The van der Waals surface area contributed by atoms with Gasteiger partial charge in [0.25, 0.3) is 0 Å². The first-order valence-corrected chi connectivity index (χ1v) is 14.5. The lowest BCUT2D eigenvalue weighted by molar-refractivity contribution is 0.209. The molecule has 6 rings (SSSR count). The normalized spacial score (nSPS) is 23.6. The van der Waals surface area contributed by atoms with Crippen molar-refractivity contribution in [3.8, 4) is 5.75 Å². The molecule has 9 nitrogen and oxygen atoms in total. The van der Waals surface area contributed by atoms with Crippen molar-refractivity contribution in [1.29, 1.82) is 0 Å². The van der Waals surface area contributed by atoms with Crippen LogP contribution in [0.15, 0.2) is 30.6 Å². The van der Waals surface area contributed by atoms with Gasteiger partial charge in [-0.2, -0.15) is 9.97 Å². The molecule has 1 aliphatic heterocycles. The first-order chi connectivity index (χ1) is 18.7. The minimum Gasteiger partial charge on any atom is -0.496 e. The highest BCUT2D eigenvalue weighted by molar-refractivity contribution is 5.84. The topological polar surface area (TPSA) is 106 Å². The van der Waals surface area contributed by atoms with Crippen LogP contribution >= 0.6 is 0 Å². The second kappa shape index (κ2) is 11.5. The number of fused-ring (bicyclic) bond motifs is 1. The van der Waals surface area contributed by atoms with Crippen molar-refractivity contribution in [2.45, 2.75) is 94.9 Å². The number of aromatic nitrogens is 4. The molecule has 1 saturated heterocycles. The fourth-order valence-corrected chi connectivity index (χ4v) is 6.48. The van der Waals surface area contributed by atoms with Crippen LogP contribution in [0, 0.1) is 0 Å². The van der Waals surface area contributed by atoms with Gasteiger partial charge in [0.15, 0.2) is 17.0 Å². The molecule has 4 N–H and O–H groups in total. The zero-order valence-electron chi connectivity index (χ0n) is 22.6. The highest BCUT2D eigenvalue weighted by Gasteiger charge is 2.26. The van der Waals surface area contributed by atoms with Crippen LogP contribution in [0.3, 0.4) is 0 Å². The van der Waals surface area contributed by atoms with E-state index in [-0.39, 0.29) is 0 Å². The van der Waals surface area contributed by atoms with E-state index in [0.717, 1.165) is 80.9 Å². The van der Waals surface area contributed by atoms with Crippen LogP contribution in [-0.4, -0.2) is 62.7 Å². The molecular formula is C29H42N8O. The summed E-state index contributed by atoms with van der Waals surface area (Å²) >= 11 is 0. The van der Waals surface area contributed by atoms with Crippen LogP contribution in [0.2, 0.25) is 0 Å². The molecule has 3 aliphatic rings. The fraction of sp³-hybridized carbons (Fsp3) is 0.621. The lowest BCUT2D eigenvalue weighted by Gasteiger charge is -2.33. The molecular weight excluding hydrogens is 476 g/mol. The smallest absolute Gasteiger partial charge is 0.227 e. The van der Waals surface area contributed by atoms with E-state index in [1.165, 1.54) is 31.2 Å². The van der Waals surface area contributed by atoms with E-state index in [1.807, 2.05) is 18.5 Å². The first-order valence-electron chi connectivity index (χ1n) is 14.5. The molecule has 0 unspecified atom stereocenters. The van der Waals surface area contributed by atoms with Crippen molar-refractivity contribution in [3.63, 3.8) is 0 Å². The molecule has 3 aromatic rings. The minimum absolute atomic E-state index is 0.325. The molecule has 2 aromatic heterocycles. The summed E-state index contributed by atoms with van der Waals surface area (Å²) in [6, 6.07) is 9.87. The minimum atomic E-state index is 0.325. The van der Waals surface area contributed by atoms with Crippen LogP contribution < -0.4 is 21.1 Å². The predicted molar refractivity (Wildman–Crippen MR) is 152 cm³/mol. The Morgan fingerprint density at radius 3 is 2.42 bits per heavy atom. The summed E-state index contributed by atoms with van der Waals surface area (Å²) in [6.45, 7) is 2.99. The van der Waals surface area contributed by atoms with Crippen molar-refractivity contribution in [2.24, 2.45) is 5.73 Å². The van der Waals surface area contributed by atoms with Crippen LogP contribution in [0.5, 0.6) is 5.75 Å². The van der Waals surface area contributed by atoms with Crippen LogP contribution in [-0.2, 0) is 6.54 Å². The molecule has 0 spiro atoms. The van der Waals surface area contributed by atoms with E-state index >= 15 is 0 Å². The van der Waals surface area contributed by atoms with Gasteiger partial charge >= 0.3 is 0 Å². The highest BCUT2D eigenvalue weighted by Crippen LogP contribution is 2.34. The molecule has 38 heavy (non-hydrogen) atoms. The van der Waals surface area contributed by atoms with Gasteiger partial charge in [-0.1, -0.05) is 31.0 Å². The molecule has 2 aliphatic carbocycles. The Morgan fingerprint density at radius 1 is 0.921 bits per heavy atom. The van der Waals surface area contributed by atoms with Gasteiger partial charge in [0.1, 0.15) is 5.75 Å². The number of ether oxygens (including phenoxy) is 1. The largest absolute Gasteiger partial charge is 0.496 e. The van der Waals surface area contributed by atoms with E-state index in [9.17, 15) is 0 Å². The summed E-state index contributed by atoms with van der Waals surface area (Å²) in [5.41, 5.74) is 9.24. The van der Waals surface area contributed by atoms with Gasteiger partial charge in [0.2, 0.25) is 5.95 Å². The molecule has 3 heterocycles. The Morgan fingerprint density at radius 2 is 1.66 bits per heavy atom. The van der Waals surface area contributed by atoms with Gasteiger partial charge in [0.05, 0.1) is 13.4 Å². The average molecular weight is 519 g/mol. The van der Waals surface area contributed by atoms with Crippen LogP contribution in [0.25, 0.3) is 11.2 Å². The number of hydrogen-bond donors (Lipinski definition) is 3. The first kappa shape index (κ1) is 25.4. The number of anilines is 2. The highest BCUT2D eigenvalue weighted by atomic mass is 16.5. The van der Waals surface area contributed by atoms with Crippen molar-refractivity contribution in [1.82, 2.24) is 24.4 Å². The zero-order chi connectivity index (χ0) is 25.9. The predicted octanol–water partition coefficient (Wildman–Crippen LogP) is 4.71. The summed E-state index contributed by atoms with van der Waals surface area (Å²) < 4.78 is 7.86. The average Bonchev–Trinajstić information content (AvgIpc) is 3.62. The number of nitrogens with one attached hydrogen (secondary N) is 2. The Bertz CT molecular complexity index is 1210. The Kier molecular flexibility index (Phi) is 7.65. The number of imidazole rings is 1. The van der Waals surface area contributed by atoms with Gasteiger partial charge in [0, 0.05) is 49.4 Å². The quantitative estimate of drug-likeness (QED) is 0.394. The molecule has 204 valence electrons. The van der Waals surface area contributed by atoms with E-state index < -0.39 is 0 Å². The second-order valence-corrected chi connectivity index (χ2v) is 11.4. The fourth-order valence-electron chi connectivity index (χ4n) is 6.48. The van der Waals surface area contributed by atoms with E-state index in [2.05, 4.69) is 32.2 Å². The number of nitrogens with zero attached hydrogens (tertiary/aromatic N) is 5. The van der Waals surface area contributed by atoms with Crippen LogP contribution in [0.1, 0.15) is 75.8 Å². The Balaban J connectivity index is 1.18. The summed E-state index contributed by atoms with van der Waals surface area (Å²) in [6.07, 6.45) is 13.3. The molecule has 9 heteroatoms. The lowest BCUT2D eigenvalue weighted by Crippen LogP contribution is -2.39. The maximum Gasteiger partial charge on any atom is 0.227 e. The van der Waals surface area contributed by atoms with Gasteiger partial charge in [-0.3, -0.25) is 4.90 Å². The number of piperidine rings is 1. The maximum absolute atomic E-state index is 6.15.